The van der Waals surface area contributed by atoms with Gasteiger partial charge in [-0.3, -0.25) is 4.90 Å². The van der Waals surface area contributed by atoms with E-state index in [0.29, 0.717) is 12.6 Å². The molecule has 1 aromatic rings. The second kappa shape index (κ2) is 5.95. The van der Waals surface area contributed by atoms with Gasteiger partial charge in [-0.1, -0.05) is 6.07 Å². The minimum atomic E-state index is -0.0642. The Hall–Kier alpha value is -1.10. The lowest BCUT2D eigenvalue weighted by Crippen LogP contribution is -2.60. The summed E-state index contributed by atoms with van der Waals surface area (Å²) in [6.45, 7) is 5.43. The van der Waals surface area contributed by atoms with Crippen LogP contribution in [0.1, 0.15) is 30.9 Å². The average molecular weight is 290 g/mol. The zero-order chi connectivity index (χ0) is 14.9. The lowest BCUT2D eigenvalue weighted by molar-refractivity contribution is -0.0650. The van der Waals surface area contributed by atoms with Crippen molar-refractivity contribution in [3.63, 3.8) is 0 Å². The van der Waals surface area contributed by atoms with Gasteiger partial charge in [0.2, 0.25) is 0 Å². The number of rotatable bonds is 3. The Bertz CT molecular complexity index is 506. The predicted molar refractivity (Wildman–Crippen MR) is 83.7 cm³/mol. The molecule has 3 rings (SSSR count). The molecule has 4 heteroatoms. The third kappa shape index (κ3) is 2.45. The summed E-state index contributed by atoms with van der Waals surface area (Å²) in [5.41, 5.74) is 9.04. The number of nitrogens with zero attached hydrogens (tertiary/aromatic N) is 1. The van der Waals surface area contributed by atoms with Crippen LogP contribution in [0.3, 0.4) is 0 Å². The maximum atomic E-state index is 6.31. The number of methoxy groups -OCH3 is 1. The molecular formula is C17H26N2O2. The molecule has 0 spiro atoms. The van der Waals surface area contributed by atoms with E-state index in [1.54, 1.807) is 7.11 Å². The van der Waals surface area contributed by atoms with Crippen LogP contribution in [-0.2, 0) is 16.7 Å². The van der Waals surface area contributed by atoms with E-state index in [-0.39, 0.29) is 5.54 Å². The standard InChI is InChI=1S/C17H26N2O2/c1-13-11-21-9-8-19(13)17(12-18)7-3-4-14-5-6-15(20-2)10-16(14)17/h5-6,10,13H,3-4,7-9,11-12,18H2,1-2H3. The molecule has 2 atom stereocenters. The van der Waals surface area contributed by atoms with Gasteiger partial charge in [0.25, 0.3) is 0 Å². The van der Waals surface area contributed by atoms with Crippen LogP contribution in [0.2, 0.25) is 0 Å². The zero-order valence-electron chi connectivity index (χ0n) is 13.1. The van der Waals surface area contributed by atoms with E-state index in [4.69, 9.17) is 15.2 Å². The van der Waals surface area contributed by atoms with Gasteiger partial charge in [0.1, 0.15) is 5.75 Å². The molecule has 1 aromatic carbocycles. The largest absolute Gasteiger partial charge is 0.497 e. The van der Waals surface area contributed by atoms with Crippen molar-refractivity contribution in [2.75, 3.05) is 33.4 Å². The van der Waals surface area contributed by atoms with E-state index in [0.717, 1.165) is 38.3 Å². The molecule has 1 fully saturated rings. The topological polar surface area (TPSA) is 47.7 Å². The van der Waals surface area contributed by atoms with Crippen LogP contribution in [0.5, 0.6) is 5.75 Å². The summed E-state index contributed by atoms with van der Waals surface area (Å²) in [5.74, 6) is 0.925. The minimum absolute atomic E-state index is 0.0642. The van der Waals surface area contributed by atoms with E-state index >= 15 is 0 Å². The Kier molecular flexibility index (Phi) is 4.20. The van der Waals surface area contributed by atoms with Crippen molar-refractivity contribution in [3.05, 3.63) is 29.3 Å². The zero-order valence-corrected chi connectivity index (χ0v) is 13.1. The molecule has 4 nitrogen and oxygen atoms in total. The van der Waals surface area contributed by atoms with Crippen LogP contribution in [0.25, 0.3) is 0 Å². The fourth-order valence-electron chi connectivity index (χ4n) is 4.03. The number of nitrogens with two attached hydrogens (primary N) is 1. The van der Waals surface area contributed by atoms with E-state index in [2.05, 4.69) is 30.0 Å². The molecule has 0 bridgehead atoms. The van der Waals surface area contributed by atoms with Gasteiger partial charge in [-0.25, -0.2) is 0 Å². The molecule has 116 valence electrons. The molecule has 0 amide bonds. The lowest BCUT2D eigenvalue weighted by atomic mass is 9.74. The maximum Gasteiger partial charge on any atom is 0.119 e. The van der Waals surface area contributed by atoms with Crippen molar-refractivity contribution < 1.29 is 9.47 Å². The van der Waals surface area contributed by atoms with Gasteiger partial charge in [0, 0.05) is 19.1 Å². The second-order valence-corrected chi connectivity index (χ2v) is 6.23. The molecule has 0 aromatic heterocycles. The van der Waals surface area contributed by atoms with Crippen molar-refractivity contribution >= 4 is 0 Å². The Morgan fingerprint density at radius 3 is 3.05 bits per heavy atom. The average Bonchev–Trinajstić information content (AvgIpc) is 2.54. The summed E-state index contributed by atoms with van der Waals surface area (Å²) >= 11 is 0. The van der Waals surface area contributed by atoms with Gasteiger partial charge < -0.3 is 15.2 Å². The maximum absolute atomic E-state index is 6.31. The van der Waals surface area contributed by atoms with Crippen molar-refractivity contribution in [3.8, 4) is 5.75 Å². The van der Waals surface area contributed by atoms with Gasteiger partial charge >= 0.3 is 0 Å². The first-order valence-corrected chi connectivity index (χ1v) is 7.93. The summed E-state index contributed by atoms with van der Waals surface area (Å²) in [7, 11) is 1.73. The summed E-state index contributed by atoms with van der Waals surface area (Å²) in [5, 5.41) is 0. The number of hydrogen-bond donors (Lipinski definition) is 1. The Labute approximate surface area is 127 Å². The number of fused-ring (bicyclic) bond motifs is 1. The van der Waals surface area contributed by atoms with Crippen molar-refractivity contribution in [2.24, 2.45) is 5.73 Å². The van der Waals surface area contributed by atoms with E-state index < -0.39 is 0 Å². The third-order valence-electron chi connectivity index (χ3n) is 5.11. The Balaban J connectivity index is 2.06. The van der Waals surface area contributed by atoms with Crippen LogP contribution in [0.4, 0.5) is 0 Å². The van der Waals surface area contributed by atoms with Crippen LogP contribution in [0.15, 0.2) is 18.2 Å². The molecule has 1 aliphatic carbocycles. The molecule has 2 aliphatic rings. The number of benzene rings is 1. The van der Waals surface area contributed by atoms with Gasteiger partial charge in [0.05, 0.1) is 25.9 Å². The highest BCUT2D eigenvalue weighted by molar-refractivity contribution is 5.42. The predicted octanol–water partition coefficient (Wildman–Crippen LogP) is 1.91. The molecule has 0 radical (unpaired) electrons. The molecule has 2 unspecified atom stereocenters. The minimum Gasteiger partial charge on any atom is -0.497 e. The van der Waals surface area contributed by atoms with Crippen molar-refractivity contribution in [1.82, 2.24) is 4.90 Å². The number of ether oxygens (including phenoxy) is 2. The van der Waals surface area contributed by atoms with Crippen LogP contribution >= 0.6 is 0 Å². The SMILES string of the molecule is COc1ccc2c(c1)C(CN)(N1CCOCC1C)CCC2. The number of aryl methyl sites for hydroxylation is 1. The van der Waals surface area contributed by atoms with Gasteiger partial charge in [-0.2, -0.15) is 0 Å². The number of hydrogen-bond acceptors (Lipinski definition) is 4. The quantitative estimate of drug-likeness (QED) is 0.924. The highest BCUT2D eigenvalue weighted by Gasteiger charge is 2.43. The highest BCUT2D eigenvalue weighted by atomic mass is 16.5. The summed E-state index contributed by atoms with van der Waals surface area (Å²) < 4.78 is 11.1. The Morgan fingerprint density at radius 1 is 1.48 bits per heavy atom. The molecular weight excluding hydrogens is 264 g/mol. The smallest absolute Gasteiger partial charge is 0.119 e. The number of morpholine rings is 1. The van der Waals surface area contributed by atoms with Gasteiger partial charge in [0.15, 0.2) is 0 Å². The molecule has 1 aliphatic heterocycles. The van der Waals surface area contributed by atoms with Crippen molar-refractivity contribution in [1.29, 1.82) is 0 Å². The molecule has 0 saturated carbocycles. The third-order valence-corrected chi connectivity index (χ3v) is 5.11. The molecule has 21 heavy (non-hydrogen) atoms. The van der Waals surface area contributed by atoms with Gasteiger partial charge in [-0.05, 0) is 49.4 Å². The van der Waals surface area contributed by atoms with E-state index in [1.165, 1.54) is 17.5 Å². The van der Waals surface area contributed by atoms with E-state index in [1.807, 2.05) is 0 Å². The molecule has 2 N–H and O–H groups in total. The monoisotopic (exact) mass is 290 g/mol. The van der Waals surface area contributed by atoms with Crippen LogP contribution in [-0.4, -0.2) is 44.4 Å². The fraction of sp³-hybridized carbons (Fsp3) is 0.647. The molecule has 1 heterocycles. The first kappa shape index (κ1) is 14.8. The Morgan fingerprint density at radius 2 is 2.33 bits per heavy atom. The summed E-state index contributed by atoms with van der Waals surface area (Å²) in [4.78, 5) is 2.56. The lowest BCUT2D eigenvalue weighted by Gasteiger charge is -2.51. The highest BCUT2D eigenvalue weighted by Crippen LogP contribution is 2.42. The first-order valence-electron chi connectivity index (χ1n) is 7.93. The second-order valence-electron chi connectivity index (χ2n) is 6.23. The first-order chi connectivity index (χ1) is 10.2. The van der Waals surface area contributed by atoms with Crippen molar-refractivity contribution in [2.45, 2.75) is 37.8 Å². The van der Waals surface area contributed by atoms with E-state index in [9.17, 15) is 0 Å². The van der Waals surface area contributed by atoms with Gasteiger partial charge in [-0.15, -0.1) is 0 Å². The van der Waals surface area contributed by atoms with Crippen LogP contribution in [0, 0.1) is 0 Å². The fourth-order valence-corrected chi connectivity index (χ4v) is 4.03. The summed E-state index contributed by atoms with van der Waals surface area (Å²) in [6.07, 6.45) is 3.45. The normalized spacial score (nSPS) is 30.0. The molecule has 1 saturated heterocycles. The van der Waals surface area contributed by atoms with Crippen LogP contribution < -0.4 is 10.5 Å². The summed E-state index contributed by atoms with van der Waals surface area (Å²) in [6, 6.07) is 6.88.